The second-order valence-corrected chi connectivity index (χ2v) is 5.09. The lowest BCUT2D eigenvalue weighted by Crippen LogP contribution is -2.12. The van der Waals surface area contributed by atoms with Gasteiger partial charge < -0.3 is 4.57 Å². The van der Waals surface area contributed by atoms with E-state index >= 15 is 0 Å². The Labute approximate surface area is 102 Å². The van der Waals surface area contributed by atoms with Gasteiger partial charge in [0.15, 0.2) is 0 Å². The molecule has 0 aliphatic carbocycles. The van der Waals surface area contributed by atoms with Gasteiger partial charge in [0.25, 0.3) is 0 Å². The minimum absolute atomic E-state index is 0.600. The van der Waals surface area contributed by atoms with Gasteiger partial charge in [0.1, 0.15) is 5.82 Å². The maximum atomic E-state index is 4.79. The molecule has 0 saturated heterocycles. The number of fused-ring (bicyclic) bond motifs is 1. The summed E-state index contributed by atoms with van der Waals surface area (Å²) in [6.07, 6.45) is 4.75. The second kappa shape index (κ2) is 4.02. The summed E-state index contributed by atoms with van der Waals surface area (Å²) in [6.45, 7) is 5.51. The highest BCUT2D eigenvalue weighted by molar-refractivity contribution is 5.59. The molecule has 0 radical (unpaired) electrons. The summed E-state index contributed by atoms with van der Waals surface area (Å²) in [6, 6.07) is 8.62. The number of aryl methyl sites for hydroxylation is 2. The molecule has 1 atom stereocenters. The number of nitrogens with zero attached hydrogens (tertiary/aromatic N) is 2. The van der Waals surface area contributed by atoms with Gasteiger partial charge in [0.2, 0.25) is 0 Å². The maximum absolute atomic E-state index is 4.79. The van der Waals surface area contributed by atoms with Crippen molar-refractivity contribution < 1.29 is 0 Å². The molecule has 0 fully saturated rings. The van der Waals surface area contributed by atoms with E-state index in [1.807, 2.05) is 0 Å². The molecule has 0 saturated carbocycles. The van der Waals surface area contributed by atoms with E-state index < -0.39 is 0 Å². The van der Waals surface area contributed by atoms with Gasteiger partial charge >= 0.3 is 0 Å². The van der Waals surface area contributed by atoms with E-state index in [1.165, 1.54) is 29.8 Å². The molecular weight excluding hydrogens is 208 g/mol. The molecule has 0 spiro atoms. The minimum Gasteiger partial charge on any atom is -0.334 e. The first-order valence-corrected chi connectivity index (χ1v) is 6.38. The highest BCUT2D eigenvalue weighted by Gasteiger charge is 2.19. The zero-order valence-corrected chi connectivity index (χ0v) is 10.5. The summed E-state index contributed by atoms with van der Waals surface area (Å²) in [5.41, 5.74) is 3.64. The average molecular weight is 226 g/mol. The number of rotatable bonds is 1. The van der Waals surface area contributed by atoms with Gasteiger partial charge in [0.05, 0.1) is 5.69 Å². The van der Waals surface area contributed by atoms with Crippen LogP contribution < -0.4 is 0 Å². The van der Waals surface area contributed by atoms with Crippen molar-refractivity contribution in [3.63, 3.8) is 0 Å². The van der Waals surface area contributed by atoms with Crippen LogP contribution in [0.3, 0.4) is 0 Å². The third-order valence-corrected chi connectivity index (χ3v) is 3.63. The Hall–Kier alpha value is -1.57. The summed E-state index contributed by atoms with van der Waals surface area (Å²) in [4.78, 5) is 4.79. The Kier molecular flexibility index (Phi) is 2.50. The standard InChI is InChI=1S/C15H18N2/c1-11-5-7-13(8-6-11)14-10-17-9-3-4-12(2)15(17)16-14/h5-8,10,12H,3-4,9H2,1-2H3/t12-/m1/s1. The van der Waals surface area contributed by atoms with Crippen molar-refractivity contribution in [2.75, 3.05) is 0 Å². The molecule has 0 unspecified atom stereocenters. The molecule has 0 N–H and O–H groups in total. The number of imidazole rings is 1. The predicted molar refractivity (Wildman–Crippen MR) is 70.0 cm³/mol. The van der Waals surface area contributed by atoms with Crippen molar-refractivity contribution in [1.82, 2.24) is 9.55 Å². The summed E-state index contributed by atoms with van der Waals surface area (Å²) in [5, 5.41) is 0. The molecule has 1 aromatic heterocycles. The first-order valence-electron chi connectivity index (χ1n) is 6.38. The third kappa shape index (κ3) is 1.88. The third-order valence-electron chi connectivity index (χ3n) is 3.63. The number of aromatic nitrogens is 2. The van der Waals surface area contributed by atoms with E-state index in [4.69, 9.17) is 4.98 Å². The van der Waals surface area contributed by atoms with Crippen LogP contribution in [0.2, 0.25) is 0 Å². The van der Waals surface area contributed by atoms with Gasteiger partial charge in [-0.2, -0.15) is 0 Å². The fourth-order valence-corrected chi connectivity index (χ4v) is 2.56. The van der Waals surface area contributed by atoms with Crippen molar-refractivity contribution in [1.29, 1.82) is 0 Å². The fourth-order valence-electron chi connectivity index (χ4n) is 2.56. The molecule has 17 heavy (non-hydrogen) atoms. The molecule has 1 aromatic carbocycles. The Morgan fingerprint density at radius 3 is 2.71 bits per heavy atom. The lowest BCUT2D eigenvalue weighted by atomic mass is 10.0. The van der Waals surface area contributed by atoms with Crippen molar-refractivity contribution in [2.45, 2.75) is 39.2 Å². The van der Waals surface area contributed by atoms with Crippen LogP contribution in [0, 0.1) is 6.92 Å². The molecule has 2 nitrogen and oxygen atoms in total. The van der Waals surface area contributed by atoms with E-state index in [9.17, 15) is 0 Å². The fraction of sp³-hybridized carbons (Fsp3) is 0.400. The van der Waals surface area contributed by atoms with Crippen molar-refractivity contribution in [3.8, 4) is 11.3 Å². The van der Waals surface area contributed by atoms with Crippen molar-refractivity contribution in [3.05, 3.63) is 41.9 Å². The molecule has 0 bridgehead atoms. The normalized spacial score (nSPS) is 19.1. The zero-order chi connectivity index (χ0) is 11.8. The van der Waals surface area contributed by atoms with E-state index in [0.717, 1.165) is 12.2 Å². The Bertz CT molecular complexity index is 522. The maximum Gasteiger partial charge on any atom is 0.112 e. The van der Waals surface area contributed by atoms with E-state index in [1.54, 1.807) is 0 Å². The Morgan fingerprint density at radius 2 is 2.00 bits per heavy atom. The van der Waals surface area contributed by atoms with Crippen molar-refractivity contribution >= 4 is 0 Å². The van der Waals surface area contributed by atoms with Crippen LogP contribution in [0.25, 0.3) is 11.3 Å². The van der Waals surface area contributed by atoms with Crippen LogP contribution in [0.4, 0.5) is 0 Å². The molecule has 1 aliphatic rings. The van der Waals surface area contributed by atoms with Gasteiger partial charge in [0, 0.05) is 24.2 Å². The topological polar surface area (TPSA) is 17.8 Å². The molecule has 0 amide bonds. The lowest BCUT2D eigenvalue weighted by molar-refractivity contribution is 0.463. The highest BCUT2D eigenvalue weighted by Crippen LogP contribution is 2.29. The van der Waals surface area contributed by atoms with Crippen LogP contribution in [-0.4, -0.2) is 9.55 Å². The lowest BCUT2D eigenvalue weighted by Gasteiger charge is -2.19. The zero-order valence-electron chi connectivity index (χ0n) is 10.5. The quantitative estimate of drug-likeness (QED) is 0.724. The largest absolute Gasteiger partial charge is 0.334 e. The molecule has 88 valence electrons. The summed E-state index contributed by atoms with van der Waals surface area (Å²) in [7, 11) is 0. The Morgan fingerprint density at radius 1 is 1.24 bits per heavy atom. The van der Waals surface area contributed by atoms with Crippen LogP contribution in [0.1, 0.15) is 37.1 Å². The first-order chi connectivity index (χ1) is 8.24. The molecule has 1 aliphatic heterocycles. The highest BCUT2D eigenvalue weighted by atomic mass is 15.1. The minimum atomic E-state index is 0.600. The van der Waals surface area contributed by atoms with Crippen LogP contribution in [0.15, 0.2) is 30.5 Å². The van der Waals surface area contributed by atoms with E-state index in [-0.39, 0.29) is 0 Å². The smallest absolute Gasteiger partial charge is 0.112 e. The number of benzene rings is 1. The van der Waals surface area contributed by atoms with Crippen LogP contribution in [-0.2, 0) is 6.54 Å². The van der Waals surface area contributed by atoms with Gasteiger partial charge in [-0.25, -0.2) is 4.98 Å². The van der Waals surface area contributed by atoms with Crippen LogP contribution in [0.5, 0.6) is 0 Å². The Balaban J connectivity index is 2.02. The summed E-state index contributed by atoms with van der Waals surface area (Å²) >= 11 is 0. The van der Waals surface area contributed by atoms with Crippen LogP contribution >= 0.6 is 0 Å². The first kappa shape index (κ1) is 10.6. The van der Waals surface area contributed by atoms with Gasteiger partial charge in [-0.15, -0.1) is 0 Å². The molecule has 2 heteroatoms. The van der Waals surface area contributed by atoms with Gasteiger partial charge in [-0.05, 0) is 19.8 Å². The number of hydrogen-bond donors (Lipinski definition) is 0. The summed E-state index contributed by atoms with van der Waals surface area (Å²) in [5.74, 6) is 1.86. The monoisotopic (exact) mass is 226 g/mol. The average Bonchev–Trinajstić information content (AvgIpc) is 2.75. The molecule has 3 rings (SSSR count). The predicted octanol–water partition coefficient (Wildman–Crippen LogP) is 3.76. The molecule has 2 heterocycles. The van der Waals surface area contributed by atoms with Crippen molar-refractivity contribution in [2.24, 2.45) is 0 Å². The SMILES string of the molecule is Cc1ccc(-c2cn3c(n2)[C@H](C)CCC3)cc1. The van der Waals surface area contributed by atoms with Gasteiger partial charge in [-0.3, -0.25) is 0 Å². The van der Waals surface area contributed by atoms with E-state index in [0.29, 0.717) is 5.92 Å². The molecule has 2 aromatic rings. The number of hydrogen-bond acceptors (Lipinski definition) is 1. The van der Waals surface area contributed by atoms with Gasteiger partial charge in [-0.1, -0.05) is 36.8 Å². The van der Waals surface area contributed by atoms with E-state index in [2.05, 4.69) is 48.9 Å². The second-order valence-electron chi connectivity index (χ2n) is 5.09. The molecular formula is C15H18N2. The summed E-state index contributed by atoms with van der Waals surface area (Å²) < 4.78 is 2.32.